The predicted octanol–water partition coefficient (Wildman–Crippen LogP) is 1.79. The average molecular weight is 460 g/mol. The normalized spacial score (nSPS) is 14.0. The third-order valence-corrected chi connectivity index (χ3v) is 6.57. The van der Waals surface area contributed by atoms with Crippen molar-refractivity contribution in [1.29, 1.82) is 0 Å². The summed E-state index contributed by atoms with van der Waals surface area (Å²) in [6.45, 7) is 9.55. The van der Waals surface area contributed by atoms with Gasteiger partial charge in [-0.1, -0.05) is 33.6 Å². The van der Waals surface area contributed by atoms with Crippen LogP contribution >= 0.6 is 0 Å². The van der Waals surface area contributed by atoms with Crippen molar-refractivity contribution in [2.45, 2.75) is 65.3 Å². The van der Waals surface area contributed by atoms with Crippen LogP contribution in [0.1, 0.15) is 59.3 Å². The minimum atomic E-state index is -0.867. The van der Waals surface area contributed by atoms with Gasteiger partial charge < -0.3 is 15.3 Å². The van der Waals surface area contributed by atoms with E-state index in [0.717, 1.165) is 18.9 Å². The number of Topliss-reactive ketones (excluding diaryl/α,β-unsaturated/α-hetero) is 1. The van der Waals surface area contributed by atoms with Crippen LogP contribution in [0.15, 0.2) is 0 Å². The second-order valence-electron chi connectivity index (χ2n) is 9.09. The highest BCUT2D eigenvalue weighted by Crippen LogP contribution is 2.18. The molecule has 32 heavy (non-hydrogen) atoms. The van der Waals surface area contributed by atoms with Gasteiger partial charge in [0.1, 0.15) is 5.78 Å². The first-order chi connectivity index (χ1) is 15.2. The standard InChI is InChI=1S/C24H49N3O5/c1-6-20(7-2)12-13-25(4)16-22(30)11-9-10-21(18-28)23(19-29)27(8-3)15-14-26(5)17-24(31)32/h20-21,23,28-29H,6-19H2,1-5H3,(H,31,32)/t21-,23-/m0/s1. The molecule has 190 valence electrons. The summed E-state index contributed by atoms with van der Waals surface area (Å²) in [5.41, 5.74) is 0. The van der Waals surface area contributed by atoms with Crippen LogP contribution in [0.25, 0.3) is 0 Å². The number of rotatable bonds is 21. The van der Waals surface area contributed by atoms with Crippen LogP contribution in [-0.4, -0.2) is 114 Å². The van der Waals surface area contributed by atoms with E-state index in [4.69, 9.17) is 5.11 Å². The molecule has 2 atom stereocenters. The number of carbonyl (C=O) groups excluding carboxylic acids is 1. The molecule has 0 saturated heterocycles. The van der Waals surface area contributed by atoms with Gasteiger partial charge in [0.2, 0.25) is 0 Å². The summed E-state index contributed by atoms with van der Waals surface area (Å²) in [5.74, 6) is -0.0471. The van der Waals surface area contributed by atoms with E-state index >= 15 is 0 Å². The van der Waals surface area contributed by atoms with Gasteiger partial charge in [-0.05, 0) is 58.3 Å². The predicted molar refractivity (Wildman–Crippen MR) is 129 cm³/mol. The number of ketones is 1. The van der Waals surface area contributed by atoms with Gasteiger partial charge in [-0.15, -0.1) is 0 Å². The number of carbonyl (C=O) groups is 2. The molecule has 8 heteroatoms. The SMILES string of the molecule is CCC(CC)CCN(C)CC(=O)CCC[C@@H](CO)[C@H](CO)N(CC)CCN(C)CC(=O)O. The van der Waals surface area contributed by atoms with E-state index in [1.807, 2.05) is 14.0 Å². The van der Waals surface area contributed by atoms with Crippen LogP contribution < -0.4 is 0 Å². The molecule has 0 bridgehead atoms. The van der Waals surface area contributed by atoms with Crippen molar-refractivity contribution >= 4 is 11.8 Å². The molecule has 0 fully saturated rings. The highest BCUT2D eigenvalue weighted by Gasteiger charge is 2.26. The quantitative estimate of drug-likeness (QED) is 0.239. The second kappa shape index (κ2) is 18.4. The van der Waals surface area contributed by atoms with Crippen molar-refractivity contribution in [3.05, 3.63) is 0 Å². The van der Waals surface area contributed by atoms with Gasteiger partial charge >= 0.3 is 5.97 Å². The number of nitrogens with zero attached hydrogens (tertiary/aromatic N) is 3. The molecule has 0 aromatic carbocycles. The maximum atomic E-state index is 12.4. The maximum Gasteiger partial charge on any atom is 0.317 e. The van der Waals surface area contributed by atoms with Crippen molar-refractivity contribution in [3.63, 3.8) is 0 Å². The number of hydrogen-bond donors (Lipinski definition) is 3. The molecule has 0 aliphatic carbocycles. The minimum Gasteiger partial charge on any atom is -0.480 e. The van der Waals surface area contributed by atoms with Crippen molar-refractivity contribution in [3.8, 4) is 0 Å². The zero-order chi connectivity index (χ0) is 24.5. The van der Waals surface area contributed by atoms with Gasteiger partial charge in [-0.2, -0.15) is 0 Å². The number of likely N-dealkylation sites (N-methyl/N-ethyl adjacent to an activating group) is 3. The molecule has 0 aliphatic heterocycles. The van der Waals surface area contributed by atoms with Gasteiger partial charge in [-0.3, -0.25) is 24.3 Å². The highest BCUT2D eigenvalue weighted by molar-refractivity contribution is 5.80. The fraction of sp³-hybridized carbons (Fsp3) is 0.917. The van der Waals surface area contributed by atoms with E-state index in [2.05, 4.69) is 23.6 Å². The molecule has 0 amide bonds. The average Bonchev–Trinajstić information content (AvgIpc) is 2.75. The van der Waals surface area contributed by atoms with Crippen LogP contribution in [-0.2, 0) is 9.59 Å². The minimum absolute atomic E-state index is 0.0289. The number of aliphatic carboxylic acids is 1. The van der Waals surface area contributed by atoms with Gasteiger partial charge in [-0.25, -0.2) is 0 Å². The zero-order valence-corrected chi connectivity index (χ0v) is 21.1. The Morgan fingerprint density at radius 1 is 0.844 bits per heavy atom. The molecule has 0 aliphatic rings. The van der Waals surface area contributed by atoms with Crippen molar-refractivity contribution in [2.24, 2.45) is 11.8 Å². The summed E-state index contributed by atoms with van der Waals surface area (Å²) in [6, 6.07) is -0.207. The first-order valence-corrected chi connectivity index (χ1v) is 12.3. The van der Waals surface area contributed by atoms with E-state index in [-0.39, 0.29) is 37.5 Å². The Hall–Kier alpha value is -1.06. The molecular formula is C24H49N3O5. The Labute approximate surface area is 195 Å². The second-order valence-corrected chi connectivity index (χ2v) is 9.09. The smallest absolute Gasteiger partial charge is 0.317 e. The summed E-state index contributed by atoms with van der Waals surface area (Å²) >= 11 is 0. The summed E-state index contributed by atoms with van der Waals surface area (Å²) < 4.78 is 0. The number of carboxylic acid groups (broad SMARTS) is 1. The summed E-state index contributed by atoms with van der Waals surface area (Å²) in [7, 11) is 3.76. The van der Waals surface area contributed by atoms with Gasteiger partial charge in [0, 0.05) is 32.2 Å². The molecular weight excluding hydrogens is 410 g/mol. The van der Waals surface area contributed by atoms with Crippen LogP contribution in [0.3, 0.4) is 0 Å². The lowest BCUT2D eigenvalue weighted by Crippen LogP contribution is -2.47. The van der Waals surface area contributed by atoms with E-state index in [1.165, 1.54) is 12.8 Å². The Balaban J connectivity index is 4.52. The lowest BCUT2D eigenvalue weighted by molar-refractivity contribution is -0.138. The topological polar surface area (TPSA) is 105 Å². The lowest BCUT2D eigenvalue weighted by Gasteiger charge is -2.35. The van der Waals surface area contributed by atoms with Crippen LogP contribution in [0.5, 0.6) is 0 Å². The van der Waals surface area contributed by atoms with Crippen molar-refractivity contribution < 1.29 is 24.9 Å². The number of aliphatic hydroxyl groups excluding tert-OH is 2. The van der Waals surface area contributed by atoms with Gasteiger partial charge in [0.15, 0.2) is 0 Å². The molecule has 0 heterocycles. The molecule has 0 rings (SSSR count). The monoisotopic (exact) mass is 459 g/mol. The Morgan fingerprint density at radius 3 is 1.97 bits per heavy atom. The lowest BCUT2D eigenvalue weighted by atomic mass is 9.93. The number of carboxylic acids is 1. The molecule has 0 saturated carbocycles. The Kier molecular flexibility index (Phi) is 17.8. The van der Waals surface area contributed by atoms with E-state index in [9.17, 15) is 19.8 Å². The third kappa shape index (κ3) is 13.5. The van der Waals surface area contributed by atoms with Gasteiger partial charge in [0.05, 0.1) is 19.7 Å². The molecule has 0 aromatic heterocycles. The molecule has 0 spiro atoms. The van der Waals surface area contributed by atoms with Crippen LogP contribution in [0, 0.1) is 11.8 Å². The highest BCUT2D eigenvalue weighted by atomic mass is 16.4. The van der Waals surface area contributed by atoms with Crippen molar-refractivity contribution in [1.82, 2.24) is 14.7 Å². The largest absolute Gasteiger partial charge is 0.480 e. The molecule has 0 unspecified atom stereocenters. The van der Waals surface area contributed by atoms with E-state index in [0.29, 0.717) is 45.4 Å². The summed E-state index contributed by atoms with van der Waals surface area (Å²) in [5, 5.41) is 28.8. The Bertz CT molecular complexity index is 502. The number of hydrogen-bond acceptors (Lipinski definition) is 7. The van der Waals surface area contributed by atoms with E-state index in [1.54, 1.807) is 11.9 Å². The van der Waals surface area contributed by atoms with Crippen LogP contribution in [0.2, 0.25) is 0 Å². The maximum absolute atomic E-state index is 12.4. The molecule has 0 aromatic rings. The number of aliphatic hydroxyl groups is 2. The third-order valence-electron chi connectivity index (χ3n) is 6.57. The molecule has 8 nitrogen and oxygen atoms in total. The fourth-order valence-electron chi connectivity index (χ4n) is 4.26. The first-order valence-electron chi connectivity index (χ1n) is 12.3. The van der Waals surface area contributed by atoms with Crippen LogP contribution in [0.4, 0.5) is 0 Å². The molecule has 0 radical (unpaired) electrons. The first kappa shape index (κ1) is 30.9. The Morgan fingerprint density at radius 2 is 1.47 bits per heavy atom. The van der Waals surface area contributed by atoms with E-state index < -0.39 is 5.97 Å². The van der Waals surface area contributed by atoms with Crippen molar-refractivity contribution in [2.75, 3.05) is 66.6 Å². The fourth-order valence-corrected chi connectivity index (χ4v) is 4.26. The van der Waals surface area contributed by atoms with Gasteiger partial charge in [0.25, 0.3) is 0 Å². The summed E-state index contributed by atoms with van der Waals surface area (Å²) in [6.07, 6.45) is 5.33. The summed E-state index contributed by atoms with van der Waals surface area (Å²) in [4.78, 5) is 29.2. The molecule has 3 N–H and O–H groups in total. The zero-order valence-electron chi connectivity index (χ0n) is 21.1.